The molecular weight excluding hydrogens is 312 g/mol. The van der Waals surface area contributed by atoms with Gasteiger partial charge in [0.05, 0.1) is 0 Å². The molecule has 0 bridgehead atoms. The Morgan fingerprint density at radius 3 is 2.72 bits per heavy atom. The number of aryl methyl sites for hydroxylation is 1. The molecule has 25 heavy (non-hydrogen) atoms. The predicted octanol–water partition coefficient (Wildman–Crippen LogP) is 4.23. The van der Waals surface area contributed by atoms with Gasteiger partial charge in [0.2, 0.25) is 0 Å². The van der Waals surface area contributed by atoms with Gasteiger partial charge in [0, 0.05) is 18.8 Å². The van der Waals surface area contributed by atoms with E-state index in [9.17, 15) is 4.79 Å². The van der Waals surface area contributed by atoms with Crippen molar-refractivity contribution in [2.24, 2.45) is 0 Å². The van der Waals surface area contributed by atoms with Gasteiger partial charge in [-0.2, -0.15) is 0 Å². The topological polar surface area (TPSA) is 42.4 Å². The molecular formula is C21H26N2O2. The molecule has 0 N–H and O–H groups in total. The third kappa shape index (κ3) is 5.35. The van der Waals surface area contributed by atoms with Crippen molar-refractivity contribution >= 4 is 6.09 Å². The molecule has 1 amide bonds. The van der Waals surface area contributed by atoms with Crippen molar-refractivity contribution in [3.63, 3.8) is 0 Å². The molecule has 2 aliphatic rings. The standard InChI is InChI=1S/C21H26N2O2/c1-17-7-5-9-19(22-17)10-6-8-18-13-15-23(16-14-18)21(24)25-20-11-3-2-4-12-20/h5,7-9,20H,2-4,11-16H2,1H3. The predicted molar refractivity (Wildman–Crippen MR) is 98.1 cm³/mol. The maximum Gasteiger partial charge on any atom is 0.410 e. The van der Waals surface area contributed by atoms with E-state index in [2.05, 4.69) is 16.8 Å². The molecule has 0 spiro atoms. The van der Waals surface area contributed by atoms with Crippen molar-refractivity contribution in [3.05, 3.63) is 41.2 Å². The average molecular weight is 338 g/mol. The fraction of sp³-hybridized carbons (Fsp3) is 0.524. The molecule has 4 heteroatoms. The van der Waals surface area contributed by atoms with Gasteiger partial charge in [-0.3, -0.25) is 0 Å². The highest BCUT2D eigenvalue weighted by atomic mass is 16.6. The van der Waals surface area contributed by atoms with Gasteiger partial charge in [0.15, 0.2) is 0 Å². The largest absolute Gasteiger partial charge is 0.446 e. The lowest BCUT2D eigenvalue weighted by Crippen LogP contribution is -2.38. The first-order valence-electron chi connectivity index (χ1n) is 9.29. The van der Waals surface area contributed by atoms with Crippen molar-refractivity contribution in [1.82, 2.24) is 9.88 Å². The minimum Gasteiger partial charge on any atom is -0.446 e. The first-order valence-corrected chi connectivity index (χ1v) is 9.29. The van der Waals surface area contributed by atoms with Crippen LogP contribution in [0, 0.1) is 18.8 Å². The molecule has 0 unspecified atom stereocenters. The molecule has 132 valence electrons. The number of piperidine rings is 1. The molecule has 2 heterocycles. The number of rotatable bonds is 1. The number of ether oxygens (including phenoxy) is 1. The third-order valence-electron chi connectivity index (χ3n) is 4.85. The number of carbonyl (C=O) groups excluding carboxylic acids is 1. The van der Waals surface area contributed by atoms with Crippen LogP contribution in [0.2, 0.25) is 0 Å². The monoisotopic (exact) mass is 338 g/mol. The van der Waals surface area contributed by atoms with Crippen LogP contribution in [-0.4, -0.2) is 35.2 Å². The van der Waals surface area contributed by atoms with E-state index < -0.39 is 0 Å². The Morgan fingerprint density at radius 1 is 1.24 bits per heavy atom. The highest BCUT2D eigenvalue weighted by molar-refractivity contribution is 5.68. The first-order chi connectivity index (χ1) is 12.2. The van der Waals surface area contributed by atoms with E-state index >= 15 is 0 Å². The van der Waals surface area contributed by atoms with E-state index in [1.165, 1.54) is 24.8 Å². The van der Waals surface area contributed by atoms with Gasteiger partial charge in [-0.15, -0.1) is 0 Å². The maximum absolute atomic E-state index is 12.3. The molecule has 0 aromatic carbocycles. The normalized spacial score (nSPS) is 18.3. The molecule has 1 aliphatic heterocycles. The number of nitrogens with zero attached hydrogens (tertiary/aromatic N) is 2. The minimum absolute atomic E-state index is 0.130. The SMILES string of the molecule is Cc1cccc(C#CC=C2CCN(C(=O)OC3CCCCC3)CC2)n1. The Balaban J connectivity index is 1.47. The number of carbonyl (C=O) groups is 1. The van der Waals surface area contributed by atoms with Crippen LogP contribution in [0.15, 0.2) is 29.8 Å². The minimum atomic E-state index is -0.138. The first kappa shape index (κ1) is 17.5. The molecule has 0 atom stereocenters. The molecule has 1 aromatic heterocycles. The van der Waals surface area contributed by atoms with Crippen molar-refractivity contribution in [1.29, 1.82) is 0 Å². The van der Waals surface area contributed by atoms with Crippen molar-refractivity contribution in [3.8, 4) is 11.8 Å². The molecule has 1 saturated heterocycles. The number of pyridine rings is 1. The smallest absolute Gasteiger partial charge is 0.410 e. The Labute approximate surface area is 150 Å². The Morgan fingerprint density at radius 2 is 2.00 bits per heavy atom. The van der Waals surface area contributed by atoms with Gasteiger partial charge in [0.1, 0.15) is 11.8 Å². The lowest BCUT2D eigenvalue weighted by atomic mass is 9.98. The highest BCUT2D eigenvalue weighted by Crippen LogP contribution is 2.22. The summed E-state index contributed by atoms with van der Waals surface area (Å²) in [5, 5.41) is 0. The molecule has 3 rings (SSSR count). The number of amides is 1. The van der Waals surface area contributed by atoms with Crippen LogP contribution in [-0.2, 0) is 4.74 Å². The lowest BCUT2D eigenvalue weighted by molar-refractivity contribution is 0.0442. The molecule has 4 nitrogen and oxygen atoms in total. The molecule has 1 aromatic rings. The summed E-state index contributed by atoms with van der Waals surface area (Å²) in [7, 11) is 0. The van der Waals surface area contributed by atoms with Crippen LogP contribution >= 0.6 is 0 Å². The van der Waals surface area contributed by atoms with Crippen LogP contribution < -0.4 is 0 Å². The summed E-state index contributed by atoms with van der Waals surface area (Å²) in [4.78, 5) is 18.5. The van der Waals surface area contributed by atoms with Gasteiger partial charge in [-0.05, 0) is 69.6 Å². The van der Waals surface area contributed by atoms with E-state index in [0.29, 0.717) is 0 Å². The molecule has 1 saturated carbocycles. The summed E-state index contributed by atoms with van der Waals surface area (Å²) in [6, 6.07) is 5.85. The third-order valence-corrected chi connectivity index (χ3v) is 4.85. The van der Waals surface area contributed by atoms with Gasteiger partial charge in [0.25, 0.3) is 0 Å². The van der Waals surface area contributed by atoms with Crippen LogP contribution in [0.1, 0.15) is 56.3 Å². The highest BCUT2D eigenvalue weighted by Gasteiger charge is 2.24. The second kappa shape index (κ2) is 8.71. The summed E-state index contributed by atoms with van der Waals surface area (Å²) >= 11 is 0. The fourth-order valence-electron chi connectivity index (χ4n) is 3.35. The van der Waals surface area contributed by atoms with Gasteiger partial charge < -0.3 is 9.64 Å². The number of hydrogen-bond donors (Lipinski definition) is 0. The van der Waals surface area contributed by atoms with Gasteiger partial charge >= 0.3 is 6.09 Å². The van der Waals surface area contributed by atoms with E-state index in [0.717, 1.165) is 50.2 Å². The van der Waals surface area contributed by atoms with Gasteiger partial charge in [-0.1, -0.05) is 24.0 Å². The summed E-state index contributed by atoms with van der Waals surface area (Å²) in [5.41, 5.74) is 3.07. The number of hydrogen-bond acceptors (Lipinski definition) is 3. The van der Waals surface area contributed by atoms with Crippen molar-refractivity contribution < 1.29 is 9.53 Å². The zero-order valence-corrected chi connectivity index (χ0v) is 15.0. The van der Waals surface area contributed by atoms with E-state index in [4.69, 9.17) is 4.74 Å². The van der Waals surface area contributed by atoms with Crippen LogP contribution in [0.3, 0.4) is 0 Å². The second-order valence-corrected chi connectivity index (χ2v) is 6.87. The fourth-order valence-corrected chi connectivity index (χ4v) is 3.35. The van der Waals surface area contributed by atoms with Gasteiger partial charge in [-0.25, -0.2) is 9.78 Å². The van der Waals surface area contributed by atoms with E-state index in [-0.39, 0.29) is 12.2 Å². The second-order valence-electron chi connectivity index (χ2n) is 6.87. The Bertz CT molecular complexity index is 683. The van der Waals surface area contributed by atoms with Crippen LogP contribution in [0.5, 0.6) is 0 Å². The quantitative estimate of drug-likeness (QED) is 0.720. The summed E-state index contributed by atoms with van der Waals surface area (Å²) in [5.74, 6) is 6.18. The summed E-state index contributed by atoms with van der Waals surface area (Å²) in [6.45, 7) is 3.41. The van der Waals surface area contributed by atoms with Crippen LogP contribution in [0.25, 0.3) is 0 Å². The van der Waals surface area contributed by atoms with E-state index in [1.807, 2.05) is 36.1 Å². The van der Waals surface area contributed by atoms with E-state index in [1.54, 1.807) is 0 Å². The molecule has 2 fully saturated rings. The summed E-state index contributed by atoms with van der Waals surface area (Å²) < 4.78 is 5.65. The Hall–Kier alpha value is -2.28. The molecule has 0 radical (unpaired) electrons. The molecule has 1 aliphatic carbocycles. The Kier molecular flexibility index (Phi) is 6.11. The number of likely N-dealkylation sites (tertiary alicyclic amines) is 1. The van der Waals surface area contributed by atoms with Crippen molar-refractivity contribution in [2.45, 2.75) is 58.0 Å². The average Bonchev–Trinajstić information content (AvgIpc) is 2.63. The zero-order chi connectivity index (χ0) is 17.5. The van der Waals surface area contributed by atoms with Crippen LogP contribution in [0.4, 0.5) is 4.79 Å². The maximum atomic E-state index is 12.3. The zero-order valence-electron chi connectivity index (χ0n) is 15.0. The lowest BCUT2D eigenvalue weighted by Gasteiger charge is -2.30. The number of aromatic nitrogens is 1. The summed E-state index contributed by atoms with van der Waals surface area (Å²) in [6.07, 6.45) is 9.38. The van der Waals surface area contributed by atoms with Crippen molar-refractivity contribution in [2.75, 3.05) is 13.1 Å². The number of allylic oxidation sites excluding steroid dienone is 1.